The molecule has 4 heteroatoms. The first-order chi connectivity index (χ1) is 6.04. The SMILES string of the molecule is CC(C)NC(=O)[C@@]1(N)CCCNC1. The van der Waals surface area contributed by atoms with Crippen molar-refractivity contribution in [1.29, 1.82) is 0 Å². The zero-order valence-electron chi connectivity index (χ0n) is 8.39. The lowest BCUT2D eigenvalue weighted by atomic mass is 9.90. The van der Waals surface area contributed by atoms with Crippen molar-refractivity contribution in [2.24, 2.45) is 5.73 Å². The molecule has 1 aliphatic rings. The molecule has 1 atom stereocenters. The number of nitrogens with two attached hydrogens (primary N) is 1. The van der Waals surface area contributed by atoms with Crippen LogP contribution in [-0.4, -0.2) is 30.6 Å². The molecule has 4 nitrogen and oxygen atoms in total. The van der Waals surface area contributed by atoms with E-state index in [1.54, 1.807) is 0 Å². The Bertz CT molecular complexity index is 185. The van der Waals surface area contributed by atoms with Crippen LogP contribution >= 0.6 is 0 Å². The summed E-state index contributed by atoms with van der Waals surface area (Å²) in [6.07, 6.45) is 1.75. The van der Waals surface area contributed by atoms with Gasteiger partial charge in [-0.15, -0.1) is 0 Å². The molecule has 1 amide bonds. The first-order valence-corrected chi connectivity index (χ1v) is 4.85. The smallest absolute Gasteiger partial charge is 0.241 e. The average molecular weight is 185 g/mol. The highest BCUT2D eigenvalue weighted by Gasteiger charge is 2.35. The largest absolute Gasteiger partial charge is 0.352 e. The van der Waals surface area contributed by atoms with Gasteiger partial charge < -0.3 is 16.4 Å². The van der Waals surface area contributed by atoms with Crippen LogP contribution in [0.15, 0.2) is 0 Å². The van der Waals surface area contributed by atoms with E-state index >= 15 is 0 Å². The van der Waals surface area contributed by atoms with E-state index in [1.807, 2.05) is 13.8 Å². The molecule has 0 bridgehead atoms. The summed E-state index contributed by atoms with van der Waals surface area (Å²) in [6.45, 7) is 5.44. The average Bonchev–Trinajstić information content (AvgIpc) is 2.04. The van der Waals surface area contributed by atoms with Crippen LogP contribution in [0.2, 0.25) is 0 Å². The summed E-state index contributed by atoms with van der Waals surface area (Å²) in [7, 11) is 0. The van der Waals surface area contributed by atoms with E-state index < -0.39 is 5.54 Å². The van der Waals surface area contributed by atoms with Crippen LogP contribution in [0.1, 0.15) is 26.7 Å². The first-order valence-electron chi connectivity index (χ1n) is 4.85. The second kappa shape index (κ2) is 4.07. The second-order valence-electron chi connectivity index (χ2n) is 4.06. The van der Waals surface area contributed by atoms with Gasteiger partial charge in [-0.05, 0) is 33.2 Å². The number of nitrogens with one attached hydrogen (secondary N) is 2. The van der Waals surface area contributed by atoms with Crippen LogP contribution in [0.25, 0.3) is 0 Å². The van der Waals surface area contributed by atoms with Gasteiger partial charge in [0.25, 0.3) is 0 Å². The maximum Gasteiger partial charge on any atom is 0.241 e. The minimum Gasteiger partial charge on any atom is -0.352 e. The van der Waals surface area contributed by atoms with Gasteiger partial charge in [0, 0.05) is 12.6 Å². The Labute approximate surface area is 79.3 Å². The predicted molar refractivity (Wildman–Crippen MR) is 52.3 cm³/mol. The summed E-state index contributed by atoms with van der Waals surface area (Å²) in [5, 5.41) is 5.99. The van der Waals surface area contributed by atoms with Gasteiger partial charge in [0.05, 0.1) is 0 Å². The summed E-state index contributed by atoms with van der Waals surface area (Å²) in [4.78, 5) is 11.7. The minimum absolute atomic E-state index is 0.0327. The van der Waals surface area contributed by atoms with Crippen LogP contribution < -0.4 is 16.4 Å². The molecule has 1 rings (SSSR count). The molecule has 0 aromatic carbocycles. The van der Waals surface area contributed by atoms with E-state index in [1.165, 1.54) is 0 Å². The van der Waals surface area contributed by atoms with Crippen LogP contribution in [0, 0.1) is 0 Å². The molecule has 0 aromatic heterocycles. The molecule has 1 saturated heterocycles. The van der Waals surface area contributed by atoms with Crippen LogP contribution in [-0.2, 0) is 4.79 Å². The molecule has 1 heterocycles. The highest BCUT2D eigenvalue weighted by Crippen LogP contribution is 2.12. The lowest BCUT2D eigenvalue weighted by Gasteiger charge is -2.33. The number of carbonyl (C=O) groups excluding carboxylic acids is 1. The van der Waals surface area contributed by atoms with Gasteiger partial charge in [-0.25, -0.2) is 0 Å². The third-order valence-corrected chi connectivity index (χ3v) is 2.29. The van der Waals surface area contributed by atoms with Gasteiger partial charge in [0.15, 0.2) is 0 Å². The Morgan fingerprint density at radius 3 is 2.77 bits per heavy atom. The van der Waals surface area contributed by atoms with Crippen molar-refractivity contribution in [2.75, 3.05) is 13.1 Å². The van der Waals surface area contributed by atoms with Gasteiger partial charge in [-0.1, -0.05) is 0 Å². The Hall–Kier alpha value is -0.610. The third-order valence-electron chi connectivity index (χ3n) is 2.29. The van der Waals surface area contributed by atoms with Crippen LogP contribution in [0.4, 0.5) is 0 Å². The summed E-state index contributed by atoms with van der Waals surface area (Å²) >= 11 is 0. The molecular weight excluding hydrogens is 166 g/mol. The molecule has 0 unspecified atom stereocenters. The third kappa shape index (κ3) is 2.67. The summed E-state index contributed by atoms with van der Waals surface area (Å²) in [5.74, 6) is -0.0327. The van der Waals surface area contributed by atoms with E-state index in [9.17, 15) is 4.79 Å². The number of amides is 1. The molecule has 76 valence electrons. The van der Waals surface area contributed by atoms with E-state index in [0.29, 0.717) is 6.54 Å². The summed E-state index contributed by atoms with van der Waals surface area (Å²) in [5.41, 5.74) is 5.28. The van der Waals surface area contributed by atoms with Crippen molar-refractivity contribution in [3.05, 3.63) is 0 Å². The normalized spacial score (nSPS) is 28.9. The highest BCUT2D eigenvalue weighted by atomic mass is 16.2. The maximum atomic E-state index is 11.7. The predicted octanol–water partition coefficient (Wildman–Crippen LogP) is -0.408. The Morgan fingerprint density at radius 2 is 2.31 bits per heavy atom. The van der Waals surface area contributed by atoms with Crippen molar-refractivity contribution < 1.29 is 4.79 Å². The fraction of sp³-hybridized carbons (Fsp3) is 0.889. The van der Waals surface area contributed by atoms with Gasteiger partial charge in [-0.3, -0.25) is 4.79 Å². The molecule has 0 radical (unpaired) electrons. The zero-order valence-corrected chi connectivity index (χ0v) is 8.39. The maximum absolute atomic E-state index is 11.7. The van der Waals surface area contributed by atoms with Gasteiger partial charge in [0.2, 0.25) is 5.91 Å². The quantitative estimate of drug-likeness (QED) is 0.548. The van der Waals surface area contributed by atoms with Crippen LogP contribution in [0.5, 0.6) is 0 Å². The molecule has 0 aromatic rings. The molecule has 0 saturated carbocycles. The lowest BCUT2D eigenvalue weighted by molar-refractivity contribution is -0.127. The number of piperidine rings is 1. The van der Waals surface area contributed by atoms with E-state index in [2.05, 4.69) is 10.6 Å². The van der Waals surface area contributed by atoms with Crippen molar-refractivity contribution >= 4 is 5.91 Å². The standard InChI is InChI=1S/C9H19N3O/c1-7(2)12-8(13)9(10)4-3-5-11-6-9/h7,11H,3-6,10H2,1-2H3,(H,12,13)/t9-/m1/s1. The monoisotopic (exact) mass is 185 g/mol. The molecule has 13 heavy (non-hydrogen) atoms. The topological polar surface area (TPSA) is 67.2 Å². The molecule has 0 aliphatic carbocycles. The van der Waals surface area contributed by atoms with Crippen molar-refractivity contribution in [3.8, 4) is 0 Å². The Kier molecular flexibility index (Phi) is 3.27. The summed E-state index contributed by atoms with van der Waals surface area (Å²) < 4.78 is 0. The van der Waals surface area contributed by atoms with Crippen LogP contribution in [0.3, 0.4) is 0 Å². The number of carbonyl (C=O) groups is 1. The minimum atomic E-state index is -0.692. The Morgan fingerprint density at radius 1 is 1.62 bits per heavy atom. The van der Waals surface area contributed by atoms with E-state index in [-0.39, 0.29) is 11.9 Å². The zero-order chi connectivity index (χ0) is 9.90. The first kappa shape index (κ1) is 10.5. The molecule has 1 aliphatic heterocycles. The molecular formula is C9H19N3O. The van der Waals surface area contributed by atoms with Gasteiger partial charge >= 0.3 is 0 Å². The van der Waals surface area contributed by atoms with E-state index in [0.717, 1.165) is 19.4 Å². The second-order valence-corrected chi connectivity index (χ2v) is 4.06. The molecule has 0 spiro atoms. The van der Waals surface area contributed by atoms with Crippen molar-refractivity contribution in [2.45, 2.75) is 38.3 Å². The molecule has 1 fully saturated rings. The molecule has 4 N–H and O–H groups in total. The number of hydrogen-bond donors (Lipinski definition) is 3. The van der Waals surface area contributed by atoms with Crippen molar-refractivity contribution in [3.63, 3.8) is 0 Å². The fourth-order valence-corrected chi connectivity index (χ4v) is 1.53. The van der Waals surface area contributed by atoms with Gasteiger partial charge in [-0.2, -0.15) is 0 Å². The Balaban J connectivity index is 2.51. The number of rotatable bonds is 2. The highest BCUT2D eigenvalue weighted by molar-refractivity contribution is 5.86. The van der Waals surface area contributed by atoms with Gasteiger partial charge in [0.1, 0.15) is 5.54 Å². The fourth-order valence-electron chi connectivity index (χ4n) is 1.53. The number of hydrogen-bond acceptors (Lipinski definition) is 3. The van der Waals surface area contributed by atoms with E-state index in [4.69, 9.17) is 5.73 Å². The lowest BCUT2D eigenvalue weighted by Crippen LogP contribution is -2.62. The van der Waals surface area contributed by atoms with Crippen molar-refractivity contribution in [1.82, 2.24) is 10.6 Å². The summed E-state index contributed by atoms with van der Waals surface area (Å²) in [6, 6.07) is 0.162.